The molecule has 3 aromatic carbocycles. The van der Waals surface area contributed by atoms with Gasteiger partial charge in [-0.25, -0.2) is 4.99 Å². The monoisotopic (exact) mass is 471 g/mol. The molecule has 1 N–H and O–H groups in total. The Morgan fingerprint density at radius 3 is 2.26 bits per heavy atom. The normalized spacial score (nSPS) is 15.6. The number of hydrogen-bond acceptors (Lipinski definition) is 5. The number of nitrogens with one attached hydrogen (secondary N) is 1. The number of amides is 1. The van der Waals surface area contributed by atoms with Crippen LogP contribution in [0.15, 0.2) is 82.7 Å². The fourth-order valence-corrected chi connectivity index (χ4v) is 4.43. The molecule has 0 bridgehead atoms. The highest BCUT2D eigenvalue weighted by Gasteiger charge is 2.23. The Bertz CT molecular complexity index is 1180. The van der Waals surface area contributed by atoms with E-state index in [2.05, 4.69) is 72.4 Å². The van der Waals surface area contributed by atoms with Gasteiger partial charge in [-0.3, -0.25) is 4.79 Å². The van der Waals surface area contributed by atoms with Crippen LogP contribution in [-0.4, -0.2) is 24.2 Å². The average Bonchev–Trinajstić information content (AvgIpc) is 3.19. The lowest BCUT2D eigenvalue weighted by Crippen LogP contribution is -2.21. The van der Waals surface area contributed by atoms with Crippen molar-refractivity contribution >= 4 is 40.3 Å². The minimum Gasteiger partial charge on any atom is -0.489 e. The number of carbonyl (C=O) groups excluding carboxylic acids is 1. The first-order chi connectivity index (χ1) is 16.5. The molecule has 0 radical (unpaired) electrons. The molecule has 0 aromatic heterocycles. The number of aryl methyl sites for hydroxylation is 1. The third-order valence-corrected chi connectivity index (χ3v) is 6.47. The summed E-state index contributed by atoms with van der Waals surface area (Å²) in [6.45, 7) is 8.80. The maximum atomic E-state index is 12.4. The van der Waals surface area contributed by atoms with E-state index in [-0.39, 0.29) is 5.91 Å². The van der Waals surface area contributed by atoms with Crippen LogP contribution in [0.25, 0.3) is 6.08 Å². The number of anilines is 1. The molecule has 1 amide bonds. The molecular formula is C28H29N3O2S. The number of ether oxygens (including phenoxy) is 1. The minimum absolute atomic E-state index is 0.136. The number of aliphatic imine (C=N–C) groups is 1. The summed E-state index contributed by atoms with van der Waals surface area (Å²) in [5.41, 5.74) is 5.28. The first-order valence-electron chi connectivity index (χ1n) is 11.5. The molecule has 1 heterocycles. The van der Waals surface area contributed by atoms with Crippen molar-refractivity contribution in [2.75, 3.05) is 18.0 Å². The van der Waals surface area contributed by atoms with E-state index in [1.165, 1.54) is 23.0 Å². The summed E-state index contributed by atoms with van der Waals surface area (Å²) in [5.74, 6) is 0.657. The number of thioether (sulfide) groups is 1. The van der Waals surface area contributed by atoms with Gasteiger partial charge in [0.1, 0.15) is 12.4 Å². The summed E-state index contributed by atoms with van der Waals surface area (Å²) in [7, 11) is 0. The summed E-state index contributed by atoms with van der Waals surface area (Å²) in [4.78, 5) is 19.9. The van der Waals surface area contributed by atoms with Gasteiger partial charge in [-0.2, -0.15) is 0 Å². The highest BCUT2D eigenvalue weighted by atomic mass is 32.2. The van der Waals surface area contributed by atoms with Gasteiger partial charge in [0.2, 0.25) is 0 Å². The summed E-state index contributed by atoms with van der Waals surface area (Å²) in [6, 6.07) is 24.1. The fourth-order valence-electron chi connectivity index (χ4n) is 3.59. The van der Waals surface area contributed by atoms with Gasteiger partial charge < -0.3 is 15.0 Å². The number of hydrogen-bond donors (Lipinski definition) is 1. The first kappa shape index (κ1) is 23.6. The maximum absolute atomic E-state index is 12.4. The van der Waals surface area contributed by atoms with Crippen molar-refractivity contribution in [1.82, 2.24) is 5.32 Å². The van der Waals surface area contributed by atoms with Gasteiger partial charge in [-0.05, 0) is 86.1 Å². The highest BCUT2D eigenvalue weighted by Crippen LogP contribution is 2.29. The third-order valence-electron chi connectivity index (χ3n) is 5.56. The van der Waals surface area contributed by atoms with Gasteiger partial charge in [0, 0.05) is 18.8 Å². The van der Waals surface area contributed by atoms with Gasteiger partial charge in [0.15, 0.2) is 5.17 Å². The quantitative estimate of drug-likeness (QED) is 0.391. The lowest BCUT2D eigenvalue weighted by Gasteiger charge is -2.20. The number of amidine groups is 1. The fraction of sp³-hybridized carbons (Fsp3) is 0.214. The molecule has 0 spiro atoms. The third kappa shape index (κ3) is 6.08. The minimum atomic E-state index is -0.136. The van der Waals surface area contributed by atoms with E-state index in [4.69, 9.17) is 4.74 Å². The molecule has 1 fully saturated rings. The van der Waals surface area contributed by atoms with Gasteiger partial charge in [0.25, 0.3) is 5.91 Å². The standard InChI is InChI=1S/C28H29N3O2S/c1-4-31(5-2)24-14-12-23(13-15-24)29-28-30-27(32)26(34-28)18-21-10-16-25(17-11-21)33-19-22-8-6-20(3)7-9-22/h6-18H,4-5,19H2,1-3H3,(H,29,30,32)/b26-18-. The van der Waals surface area contributed by atoms with Crippen LogP contribution in [0.3, 0.4) is 0 Å². The molecule has 5 nitrogen and oxygen atoms in total. The second-order valence-electron chi connectivity index (χ2n) is 8.01. The van der Waals surface area contributed by atoms with Crippen LogP contribution < -0.4 is 15.0 Å². The smallest absolute Gasteiger partial charge is 0.264 e. The second kappa shape index (κ2) is 11.1. The molecule has 1 aliphatic rings. The van der Waals surface area contributed by atoms with E-state index in [0.29, 0.717) is 16.7 Å². The van der Waals surface area contributed by atoms with E-state index in [0.717, 1.165) is 35.7 Å². The van der Waals surface area contributed by atoms with E-state index >= 15 is 0 Å². The summed E-state index contributed by atoms with van der Waals surface area (Å²) in [5, 5.41) is 3.44. The molecule has 4 rings (SSSR count). The number of nitrogens with zero attached hydrogens (tertiary/aromatic N) is 2. The van der Waals surface area contributed by atoms with E-state index in [9.17, 15) is 4.79 Å². The van der Waals surface area contributed by atoms with Crippen molar-refractivity contribution in [2.45, 2.75) is 27.4 Å². The summed E-state index contributed by atoms with van der Waals surface area (Å²) in [6.07, 6.45) is 1.87. The van der Waals surface area contributed by atoms with Crippen molar-refractivity contribution in [3.63, 3.8) is 0 Å². The van der Waals surface area contributed by atoms with Crippen LogP contribution in [0.1, 0.15) is 30.5 Å². The van der Waals surface area contributed by atoms with Crippen LogP contribution in [0.4, 0.5) is 11.4 Å². The summed E-state index contributed by atoms with van der Waals surface area (Å²) >= 11 is 1.35. The molecule has 6 heteroatoms. The molecule has 34 heavy (non-hydrogen) atoms. The van der Waals surface area contributed by atoms with E-state index in [1.54, 1.807) is 0 Å². The van der Waals surface area contributed by atoms with Crippen LogP contribution in [0.5, 0.6) is 5.75 Å². The molecule has 1 aliphatic heterocycles. The number of carbonyl (C=O) groups is 1. The zero-order chi connectivity index (χ0) is 23.9. The Balaban J connectivity index is 1.38. The zero-order valence-electron chi connectivity index (χ0n) is 19.7. The van der Waals surface area contributed by atoms with E-state index in [1.807, 2.05) is 42.5 Å². The van der Waals surface area contributed by atoms with Crippen LogP contribution in [-0.2, 0) is 11.4 Å². The predicted molar refractivity (Wildman–Crippen MR) is 143 cm³/mol. The van der Waals surface area contributed by atoms with Gasteiger partial charge in [0.05, 0.1) is 10.6 Å². The van der Waals surface area contributed by atoms with Crippen LogP contribution in [0, 0.1) is 6.92 Å². The Morgan fingerprint density at radius 1 is 0.941 bits per heavy atom. The van der Waals surface area contributed by atoms with Crippen molar-refractivity contribution in [1.29, 1.82) is 0 Å². The molecule has 0 atom stereocenters. The number of benzene rings is 3. The second-order valence-corrected chi connectivity index (χ2v) is 9.04. The van der Waals surface area contributed by atoms with Gasteiger partial charge in [-0.15, -0.1) is 0 Å². The van der Waals surface area contributed by atoms with Crippen molar-refractivity contribution in [2.24, 2.45) is 4.99 Å². The van der Waals surface area contributed by atoms with Crippen molar-refractivity contribution in [3.8, 4) is 5.75 Å². The molecular weight excluding hydrogens is 442 g/mol. The zero-order valence-corrected chi connectivity index (χ0v) is 20.6. The van der Waals surface area contributed by atoms with Crippen molar-refractivity contribution in [3.05, 3.63) is 94.4 Å². The molecule has 174 valence electrons. The number of rotatable bonds is 8. The predicted octanol–water partition coefficient (Wildman–Crippen LogP) is 6.31. The lowest BCUT2D eigenvalue weighted by molar-refractivity contribution is -0.115. The largest absolute Gasteiger partial charge is 0.489 e. The van der Waals surface area contributed by atoms with Gasteiger partial charge in [-0.1, -0.05) is 42.0 Å². The van der Waals surface area contributed by atoms with Crippen LogP contribution >= 0.6 is 11.8 Å². The molecule has 0 saturated carbocycles. The Hall–Kier alpha value is -3.51. The van der Waals surface area contributed by atoms with Crippen molar-refractivity contribution < 1.29 is 9.53 Å². The maximum Gasteiger partial charge on any atom is 0.264 e. The summed E-state index contributed by atoms with van der Waals surface area (Å²) < 4.78 is 5.87. The molecule has 3 aromatic rings. The topological polar surface area (TPSA) is 53.9 Å². The SMILES string of the molecule is CCN(CC)c1ccc(N=C2NC(=O)/C(=C/c3ccc(OCc4ccc(C)cc4)cc3)S2)cc1. The molecule has 0 unspecified atom stereocenters. The first-order valence-corrected chi connectivity index (χ1v) is 12.3. The molecule has 1 saturated heterocycles. The lowest BCUT2D eigenvalue weighted by atomic mass is 10.1. The van der Waals surface area contributed by atoms with Gasteiger partial charge >= 0.3 is 0 Å². The molecule has 0 aliphatic carbocycles. The van der Waals surface area contributed by atoms with E-state index < -0.39 is 0 Å². The van der Waals surface area contributed by atoms with Crippen LogP contribution in [0.2, 0.25) is 0 Å². The Kier molecular flexibility index (Phi) is 7.70. The average molecular weight is 472 g/mol. The Labute approximate surface area is 205 Å². The Morgan fingerprint density at radius 2 is 1.62 bits per heavy atom. The highest BCUT2D eigenvalue weighted by molar-refractivity contribution is 8.18.